The van der Waals surface area contributed by atoms with E-state index in [9.17, 15) is 0 Å². The van der Waals surface area contributed by atoms with Gasteiger partial charge in [0.25, 0.3) is 0 Å². The first-order valence-electron chi connectivity index (χ1n) is 16.4. The predicted molar refractivity (Wildman–Crippen MR) is 153 cm³/mol. The molecule has 0 radical (unpaired) electrons. The van der Waals surface area contributed by atoms with Crippen LogP contribution >= 0.6 is 0 Å². The molecule has 2 nitrogen and oxygen atoms in total. The summed E-state index contributed by atoms with van der Waals surface area (Å²) in [5.41, 5.74) is 0. The number of unbranched alkanes of at least 4 members (excludes halogenated alkanes) is 26. The standard InChI is InChI=1S/2C16H33O.2ClH.Ti/c2*1-2-3-4-5-6-7-8-9-10-11-12-13-14-15-16-17;;;/h2*2-16H2,1H3;2*1H;/q2*-1;;;+4/p-2. The Morgan fingerprint density at radius 2 is 0.486 bits per heavy atom. The van der Waals surface area contributed by atoms with Crippen molar-refractivity contribution in [2.45, 2.75) is 194 Å². The summed E-state index contributed by atoms with van der Waals surface area (Å²) in [5, 5.41) is 0. The molecule has 0 heterocycles. The molecular formula is C32H66Cl2O2Ti. The summed E-state index contributed by atoms with van der Waals surface area (Å²) in [6, 6.07) is 0. The van der Waals surface area contributed by atoms with Gasteiger partial charge in [0.1, 0.15) is 0 Å². The number of rotatable bonds is 32. The zero-order chi connectivity index (χ0) is 25.3. The van der Waals surface area contributed by atoms with E-state index in [0.717, 1.165) is 13.2 Å². The average molecular weight is 602 g/mol. The second-order valence-corrected chi connectivity index (χ2v) is 12.1. The molecule has 0 fully saturated rings. The molecule has 224 valence electrons. The average Bonchev–Trinajstić information content (AvgIpc) is 2.87. The summed E-state index contributed by atoms with van der Waals surface area (Å²) in [4.78, 5) is 0. The van der Waals surface area contributed by atoms with Gasteiger partial charge in [-0.25, -0.2) is 0 Å². The predicted octanol–water partition coefficient (Wildman–Crippen LogP) is 5.90. The van der Waals surface area contributed by atoms with Crippen molar-refractivity contribution in [3.63, 3.8) is 0 Å². The molecule has 0 atom stereocenters. The molecule has 0 saturated carbocycles. The zero-order valence-corrected chi connectivity index (χ0v) is 28.4. The SMILES string of the molecule is CCCCCCCCCCCCCCCC[O][Ti+2][O]CCCCCCCCCCCCCCCC.[Cl-].[Cl-]. The summed E-state index contributed by atoms with van der Waals surface area (Å²) in [5.74, 6) is 0. The summed E-state index contributed by atoms with van der Waals surface area (Å²) in [6.45, 7) is 6.45. The van der Waals surface area contributed by atoms with Crippen LogP contribution in [-0.4, -0.2) is 13.2 Å². The van der Waals surface area contributed by atoms with E-state index in [4.69, 9.17) is 6.64 Å². The molecule has 0 aromatic heterocycles. The van der Waals surface area contributed by atoms with Crippen LogP contribution in [0.1, 0.15) is 194 Å². The molecule has 0 aromatic rings. The minimum absolute atomic E-state index is 0. The molecule has 0 aromatic carbocycles. The molecular weight excluding hydrogens is 535 g/mol. The third kappa shape index (κ3) is 41.8. The van der Waals surface area contributed by atoms with Gasteiger partial charge in [0, 0.05) is 0 Å². The van der Waals surface area contributed by atoms with Crippen LogP contribution < -0.4 is 24.8 Å². The molecule has 0 amide bonds. The molecule has 0 aliphatic heterocycles. The van der Waals surface area contributed by atoms with Gasteiger partial charge in [-0.2, -0.15) is 0 Å². The fourth-order valence-electron chi connectivity index (χ4n) is 4.86. The molecule has 5 heteroatoms. The second-order valence-electron chi connectivity index (χ2n) is 11.0. The Morgan fingerprint density at radius 1 is 0.297 bits per heavy atom. The fraction of sp³-hybridized carbons (Fsp3) is 1.00. The van der Waals surface area contributed by atoms with Crippen LogP contribution in [0.4, 0.5) is 0 Å². The van der Waals surface area contributed by atoms with Gasteiger partial charge in [-0.3, -0.25) is 0 Å². The molecule has 37 heavy (non-hydrogen) atoms. The van der Waals surface area contributed by atoms with Crippen molar-refractivity contribution in [1.82, 2.24) is 0 Å². The van der Waals surface area contributed by atoms with Crippen molar-refractivity contribution >= 4 is 0 Å². The van der Waals surface area contributed by atoms with Crippen molar-refractivity contribution in [3.05, 3.63) is 0 Å². The van der Waals surface area contributed by atoms with Crippen LogP contribution in [0, 0.1) is 0 Å². The fourth-order valence-corrected chi connectivity index (χ4v) is 5.70. The van der Waals surface area contributed by atoms with Gasteiger partial charge in [-0.15, -0.1) is 0 Å². The topological polar surface area (TPSA) is 18.5 Å². The molecule has 0 unspecified atom stereocenters. The number of hydrogen-bond acceptors (Lipinski definition) is 2. The van der Waals surface area contributed by atoms with Gasteiger partial charge in [0.2, 0.25) is 0 Å². The maximum atomic E-state index is 5.76. The Labute approximate surface area is 257 Å². The zero-order valence-electron chi connectivity index (χ0n) is 25.3. The first-order chi connectivity index (χ1) is 17.4. The van der Waals surface area contributed by atoms with Crippen molar-refractivity contribution in [3.8, 4) is 0 Å². The quantitative estimate of drug-likeness (QED) is 0.0706. The van der Waals surface area contributed by atoms with Crippen LogP contribution in [0.5, 0.6) is 0 Å². The monoisotopic (exact) mass is 600 g/mol. The van der Waals surface area contributed by atoms with Crippen molar-refractivity contribution < 1.29 is 51.4 Å². The number of hydrogen-bond donors (Lipinski definition) is 0. The van der Waals surface area contributed by atoms with E-state index < -0.39 is 19.9 Å². The first-order valence-corrected chi connectivity index (χ1v) is 17.7. The molecule has 0 rings (SSSR count). The van der Waals surface area contributed by atoms with Gasteiger partial charge in [-0.1, -0.05) is 65.2 Å². The smallest absolute Gasteiger partial charge is 1.00 e. The van der Waals surface area contributed by atoms with E-state index >= 15 is 0 Å². The van der Waals surface area contributed by atoms with Crippen molar-refractivity contribution in [1.29, 1.82) is 0 Å². The normalized spacial score (nSPS) is 10.6. The summed E-state index contributed by atoms with van der Waals surface area (Å²) in [6.07, 6.45) is 39.6. The van der Waals surface area contributed by atoms with Gasteiger partial charge in [0.05, 0.1) is 0 Å². The van der Waals surface area contributed by atoms with Crippen LogP contribution in [0.2, 0.25) is 0 Å². The van der Waals surface area contributed by atoms with Gasteiger partial charge < -0.3 is 24.8 Å². The van der Waals surface area contributed by atoms with E-state index in [1.807, 2.05) is 0 Å². The van der Waals surface area contributed by atoms with Gasteiger partial charge >= 0.3 is 168 Å². The Balaban J connectivity index is -0.00000578. The minimum Gasteiger partial charge on any atom is -1.00 e. The Bertz CT molecular complexity index is 330. The van der Waals surface area contributed by atoms with Crippen molar-refractivity contribution in [2.75, 3.05) is 13.2 Å². The van der Waals surface area contributed by atoms with E-state index in [1.54, 1.807) is 0 Å². The maximum absolute atomic E-state index is 5.76. The molecule has 0 aliphatic rings. The van der Waals surface area contributed by atoms with E-state index in [1.165, 1.54) is 180 Å². The minimum atomic E-state index is -0.594. The van der Waals surface area contributed by atoms with E-state index in [-0.39, 0.29) is 24.8 Å². The third-order valence-corrected chi connectivity index (χ3v) is 8.32. The summed E-state index contributed by atoms with van der Waals surface area (Å²) >= 11 is -0.594. The summed E-state index contributed by atoms with van der Waals surface area (Å²) in [7, 11) is 0. The molecule has 0 spiro atoms. The third-order valence-electron chi connectivity index (χ3n) is 7.32. The summed E-state index contributed by atoms with van der Waals surface area (Å²) < 4.78 is 11.5. The Morgan fingerprint density at radius 3 is 0.703 bits per heavy atom. The van der Waals surface area contributed by atoms with E-state index in [0.29, 0.717) is 0 Å². The second kappa shape index (κ2) is 41.7. The van der Waals surface area contributed by atoms with Gasteiger partial charge in [-0.05, 0) is 0 Å². The van der Waals surface area contributed by atoms with Crippen LogP contribution in [0.15, 0.2) is 0 Å². The van der Waals surface area contributed by atoms with Gasteiger partial charge in [0.15, 0.2) is 0 Å². The Kier molecular flexibility index (Phi) is 48.1. The van der Waals surface area contributed by atoms with Crippen molar-refractivity contribution in [2.24, 2.45) is 0 Å². The van der Waals surface area contributed by atoms with Crippen LogP contribution in [-0.2, 0) is 26.6 Å². The van der Waals surface area contributed by atoms with Crippen LogP contribution in [0.3, 0.4) is 0 Å². The molecule has 0 N–H and O–H groups in total. The van der Waals surface area contributed by atoms with E-state index in [2.05, 4.69) is 13.8 Å². The molecule has 0 bridgehead atoms. The first kappa shape index (κ1) is 42.7. The molecule has 0 aliphatic carbocycles. The molecule has 0 saturated heterocycles. The number of halogens is 2. The Hall–Kier alpha value is 1.21. The van der Waals surface area contributed by atoms with Crippen LogP contribution in [0.25, 0.3) is 0 Å².